The van der Waals surface area contributed by atoms with Crippen LogP contribution in [0.3, 0.4) is 0 Å². The van der Waals surface area contributed by atoms with Crippen LogP contribution < -0.4 is 0 Å². The highest BCUT2D eigenvalue weighted by Gasteiger charge is 2.33. The molecule has 1 N–H and O–H groups in total. The minimum Gasteiger partial charge on any atom is -0.389 e. The Morgan fingerprint density at radius 2 is 2.12 bits per heavy atom. The first kappa shape index (κ1) is 12.6. The molecule has 0 aromatic carbocycles. The van der Waals surface area contributed by atoms with Crippen LogP contribution in [-0.2, 0) is 6.42 Å². The maximum absolute atomic E-state index is 10.6. The summed E-state index contributed by atoms with van der Waals surface area (Å²) in [7, 11) is 0. The van der Waals surface area contributed by atoms with Crippen LogP contribution in [0.4, 0.5) is 0 Å². The highest BCUT2D eigenvalue weighted by Crippen LogP contribution is 2.36. The minimum absolute atomic E-state index is 0.501. The van der Waals surface area contributed by atoms with Crippen LogP contribution in [0.25, 0.3) is 0 Å². The predicted molar refractivity (Wildman–Crippen MR) is 69.8 cm³/mol. The Kier molecular flexibility index (Phi) is 4.16. The lowest BCUT2D eigenvalue weighted by Gasteiger charge is -2.36. The molecule has 0 unspecified atom stereocenters. The third-order valence-electron chi connectivity index (χ3n) is 3.97. The lowest BCUT2D eigenvalue weighted by molar-refractivity contribution is -0.0106. The Bertz CT molecular complexity index is 328. The minimum atomic E-state index is -0.501. The molecule has 0 spiro atoms. The van der Waals surface area contributed by atoms with E-state index in [1.807, 2.05) is 18.2 Å². The zero-order valence-electron chi connectivity index (χ0n) is 10.7. The molecule has 0 atom stereocenters. The van der Waals surface area contributed by atoms with Crippen molar-refractivity contribution in [2.75, 3.05) is 0 Å². The topological polar surface area (TPSA) is 33.1 Å². The number of rotatable bonds is 4. The summed E-state index contributed by atoms with van der Waals surface area (Å²) in [6, 6.07) is 5.93. The van der Waals surface area contributed by atoms with E-state index in [9.17, 15) is 5.11 Å². The maximum atomic E-state index is 10.6. The van der Waals surface area contributed by atoms with Gasteiger partial charge in [0.25, 0.3) is 0 Å². The van der Waals surface area contributed by atoms with Crippen LogP contribution in [0.5, 0.6) is 0 Å². The molecule has 1 saturated carbocycles. The molecule has 1 fully saturated rings. The second-order valence-electron chi connectivity index (χ2n) is 5.45. The fraction of sp³-hybridized carbons (Fsp3) is 0.667. The first-order chi connectivity index (χ1) is 8.22. The van der Waals surface area contributed by atoms with E-state index in [4.69, 9.17) is 0 Å². The fourth-order valence-electron chi connectivity index (χ4n) is 2.93. The van der Waals surface area contributed by atoms with Crippen molar-refractivity contribution in [1.29, 1.82) is 0 Å². The van der Waals surface area contributed by atoms with Crippen molar-refractivity contribution in [3.05, 3.63) is 30.1 Å². The van der Waals surface area contributed by atoms with Crippen molar-refractivity contribution in [3.63, 3.8) is 0 Å². The molecule has 17 heavy (non-hydrogen) atoms. The van der Waals surface area contributed by atoms with Crippen LogP contribution in [0.1, 0.15) is 51.1 Å². The van der Waals surface area contributed by atoms with Crippen LogP contribution in [0.15, 0.2) is 24.4 Å². The molecule has 1 heterocycles. The Hall–Kier alpha value is -0.890. The smallest absolute Gasteiger partial charge is 0.0703 e. The average molecular weight is 233 g/mol. The van der Waals surface area contributed by atoms with Gasteiger partial charge in [-0.3, -0.25) is 4.98 Å². The predicted octanol–water partition coefficient (Wildman–Crippen LogP) is 3.35. The van der Waals surface area contributed by atoms with Crippen molar-refractivity contribution >= 4 is 0 Å². The van der Waals surface area contributed by atoms with Crippen molar-refractivity contribution in [3.8, 4) is 0 Å². The molecule has 1 aromatic heterocycles. The molecular weight excluding hydrogens is 210 g/mol. The van der Waals surface area contributed by atoms with E-state index in [0.717, 1.165) is 24.5 Å². The molecular formula is C15H23NO. The Labute approximate surface area is 104 Å². The first-order valence-corrected chi connectivity index (χ1v) is 6.84. The number of nitrogens with zero attached hydrogens (tertiary/aromatic N) is 1. The van der Waals surface area contributed by atoms with Crippen molar-refractivity contribution in [1.82, 2.24) is 4.98 Å². The van der Waals surface area contributed by atoms with Crippen LogP contribution in [-0.4, -0.2) is 15.7 Å². The summed E-state index contributed by atoms with van der Waals surface area (Å²) in [5, 5.41) is 10.6. The monoisotopic (exact) mass is 233 g/mol. The quantitative estimate of drug-likeness (QED) is 0.865. The highest BCUT2D eigenvalue weighted by molar-refractivity contribution is 5.07. The molecule has 0 aliphatic heterocycles. The van der Waals surface area contributed by atoms with Gasteiger partial charge in [-0.1, -0.05) is 25.8 Å². The van der Waals surface area contributed by atoms with E-state index in [2.05, 4.69) is 11.9 Å². The zero-order chi connectivity index (χ0) is 12.1. The number of pyridine rings is 1. The van der Waals surface area contributed by atoms with Gasteiger partial charge in [-0.15, -0.1) is 0 Å². The summed E-state index contributed by atoms with van der Waals surface area (Å²) >= 11 is 0. The van der Waals surface area contributed by atoms with Gasteiger partial charge in [-0.05, 0) is 43.7 Å². The summed E-state index contributed by atoms with van der Waals surface area (Å²) in [6.45, 7) is 2.24. The van der Waals surface area contributed by atoms with Gasteiger partial charge in [0.15, 0.2) is 0 Å². The van der Waals surface area contributed by atoms with E-state index in [1.54, 1.807) is 6.20 Å². The number of aliphatic hydroxyl groups is 1. The van der Waals surface area contributed by atoms with Crippen LogP contribution >= 0.6 is 0 Å². The van der Waals surface area contributed by atoms with Gasteiger partial charge in [0.2, 0.25) is 0 Å². The van der Waals surface area contributed by atoms with Gasteiger partial charge in [0.1, 0.15) is 0 Å². The van der Waals surface area contributed by atoms with E-state index >= 15 is 0 Å². The molecule has 94 valence electrons. The second-order valence-corrected chi connectivity index (χ2v) is 5.45. The summed E-state index contributed by atoms with van der Waals surface area (Å²) in [4.78, 5) is 4.31. The third kappa shape index (κ3) is 3.53. The van der Waals surface area contributed by atoms with Crippen LogP contribution in [0.2, 0.25) is 0 Å². The lowest BCUT2D eigenvalue weighted by Crippen LogP contribution is -2.36. The lowest BCUT2D eigenvalue weighted by atomic mass is 9.75. The van der Waals surface area contributed by atoms with Gasteiger partial charge in [-0.2, -0.15) is 0 Å². The Morgan fingerprint density at radius 1 is 1.35 bits per heavy atom. The summed E-state index contributed by atoms with van der Waals surface area (Å²) in [6.07, 6.45) is 9.34. The van der Waals surface area contributed by atoms with E-state index in [1.165, 1.54) is 25.7 Å². The van der Waals surface area contributed by atoms with Crippen LogP contribution in [0, 0.1) is 5.92 Å². The number of hydrogen-bond acceptors (Lipinski definition) is 2. The van der Waals surface area contributed by atoms with Gasteiger partial charge >= 0.3 is 0 Å². The zero-order valence-corrected chi connectivity index (χ0v) is 10.7. The third-order valence-corrected chi connectivity index (χ3v) is 3.97. The van der Waals surface area contributed by atoms with E-state index in [0.29, 0.717) is 6.42 Å². The molecule has 1 aromatic rings. The SMILES string of the molecule is CCCC1CCC(O)(Cc2ccccn2)CC1. The van der Waals surface area contributed by atoms with Crippen molar-refractivity contribution in [2.45, 2.75) is 57.5 Å². The van der Waals surface area contributed by atoms with Gasteiger partial charge in [-0.25, -0.2) is 0 Å². The van der Waals surface area contributed by atoms with E-state index in [-0.39, 0.29) is 0 Å². The molecule has 2 nitrogen and oxygen atoms in total. The molecule has 0 radical (unpaired) electrons. The van der Waals surface area contributed by atoms with Crippen molar-refractivity contribution in [2.24, 2.45) is 5.92 Å². The summed E-state index contributed by atoms with van der Waals surface area (Å²) in [5.41, 5.74) is 0.516. The molecule has 2 heteroatoms. The second kappa shape index (κ2) is 5.63. The molecule has 0 amide bonds. The standard InChI is InChI=1S/C15H23NO/c1-2-5-13-7-9-15(17,10-8-13)12-14-6-3-4-11-16-14/h3-4,6,11,13,17H,2,5,7-10,12H2,1H3. The molecule has 2 rings (SSSR count). The summed E-state index contributed by atoms with van der Waals surface area (Å²) < 4.78 is 0. The van der Waals surface area contributed by atoms with Gasteiger partial charge in [0, 0.05) is 18.3 Å². The Morgan fingerprint density at radius 3 is 2.71 bits per heavy atom. The number of hydrogen-bond donors (Lipinski definition) is 1. The molecule has 0 saturated heterocycles. The molecule has 1 aliphatic rings. The fourth-order valence-corrected chi connectivity index (χ4v) is 2.93. The normalized spacial score (nSPS) is 29.2. The molecule has 0 bridgehead atoms. The average Bonchev–Trinajstić information content (AvgIpc) is 2.34. The Balaban J connectivity index is 1.89. The number of aromatic nitrogens is 1. The largest absolute Gasteiger partial charge is 0.389 e. The maximum Gasteiger partial charge on any atom is 0.0703 e. The summed E-state index contributed by atoms with van der Waals surface area (Å²) in [5.74, 6) is 0.837. The van der Waals surface area contributed by atoms with Gasteiger partial charge in [0.05, 0.1) is 5.60 Å². The van der Waals surface area contributed by atoms with Crippen molar-refractivity contribution < 1.29 is 5.11 Å². The molecule has 1 aliphatic carbocycles. The van der Waals surface area contributed by atoms with E-state index < -0.39 is 5.60 Å². The first-order valence-electron chi connectivity index (χ1n) is 6.84. The highest BCUT2D eigenvalue weighted by atomic mass is 16.3. The van der Waals surface area contributed by atoms with Gasteiger partial charge < -0.3 is 5.11 Å².